The maximum Gasteiger partial charge on any atom is 0.416 e. The molecule has 30 heavy (non-hydrogen) atoms. The molecule has 3 saturated heterocycles. The predicted molar refractivity (Wildman–Crippen MR) is 102 cm³/mol. The average molecular weight is 426 g/mol. The topological polar surface area (TPSA) is 67.9 Å². The summed E-state index contributed by atoms with van der Waals surface area (Å²) in [5.41, 5.74) is -0.0604. The maximum absolute atomic E-state index is 12.8. The van der Waals surface area contributed by atoms with Crippen LogP contribution in [0.3, 0.4) is 0 Å². The number of anilines is 1. The van der Waals surface area contributed by atoms with E-state index in [2.05, 4.69) is 5.32 Å². The van der Waals surface area contributed by atoms with Crippen molar-refractivity contribution in [2.75, 3.05) is 38.2 Å². The van der Waals surface area contributed by atoms with Crippen molar-refractivity contribution >= 4 is 17.5 Å². The van der Waals surface area contributed by atoms with Crippen molar-refractivity contribution in [2.45, 2.75) is 32.0 Å². The third kappa shape index (κ3) is 4.18. The minimum atomic E-state index is -4.43. The third-order valence-electron chi connectivity index (χ3n) is 6.29. The molecule has 0 saturated carbocycles. The van der Waals surface area contributed by atoms with Crippen LogP contribution in [0.2, 0.25) is 0 Å². The number of ether oxygens (including phenoxy) is 2. The smallest absolute Gasteiger partial charge is 0.381 e. The van der Waals surface area contributed by atoms with Crippen molar-refractivity contribution in [1.82, 2.24) is 4.90 Å². The second-order valence-electron chi connectivity index (χ2n) is 8.32. The lowest BCUT2D eigenvalue weighted by atomic mass is 9.92. The van der Waals surface area contributed by atoms with Gasteiger partial charge in [0.1, 0.15) is 0 Å². The molecule has 0 bridgehead atoms. The summed E-state index contributed by atoms with van der Waals surface area (Å²) in [6.07, 6.45) is -2.94. The van der Waals surface area contributed by atoms with Crippen LogP contribution in [0.1, 0.15) is 24.0 Å². The van der Waals surface area contributed by atoms with E-state index in [9.17, 15) is 22.8 Å². The lowest BCUT2D eigenvalue weighted by Gasteiger charge is -2.27. The molecule has 4 atom stereocenters. The van der Waals surface area contributed by atoms with Crippen molar-refractivity contribution in [3.63, 3.8) is 0 Å². The number of nitrogens with one attached hydrogen (secondary N) is 1. The van der Waals surface area contributed by atoms with Crippen LogP contribution in [0, 0.1) is 24.7 Å². The van der Waals surface area contributed by atoms with Crippen LogP contribution in [-0.4, -0.2) is 55.7 Å². The molecule has 3 aliphatic heterocycles. The molecule has 0 spiro atoms. The minimum absolute atomic E-state index is 0.0467. The molecule has 9 heteroatoms. The molecule has 1 aromatic rings. The molecule has 0 radical (unpaired) electrons. The van der Waals surface area contributed by atoms with Crippen molar-refractivity contribution < 1.29 is 32.2 Å². The number of fused-ring (bicyclic) bond motifs is 1. The number of carbonyl (C=O) groups is 2. The van der Waals surface area contributed by atoms with E-state index in [-0.39, 0.29) is 36.4 Å². The van der Waals surface area contributed by atoms with Gasteiger partial charge in [0.25, 0.3) is 0 Å². The van der Waals surface area contributed by atoms with Gasteiger partial charge in [0, 0.05) is 31.3 Å². The van der Waals surface area contributed by atoms with E-state index >= 15 is 0 Å². The zero-order chi connectivity index (χ0) is 21.5. The summed E-state index contributed by atoms with van der Waals surface area (Å²) in [6, 6.07) is 3.25. The number of amides is 2. The molecule has 0 aromatic heterocycles. The van der Waals surface area contributed by atoms with Gasteiger partial charge >= 0.3 is 6.18 Å². The van der Waals surface area contributed by atoms with Crippen LogP contribution in [0.25, 0.3) is 0 Å². The van der Waals surface area contributed by atoms with Crippen LogP contribution in [-0.2, 0) is 25.2 Å². The lowest BCUT2D eigenvalue weighted by molar-refractivity contribution is -0.140. The summed E-state index contributed by atoms with van der Waals surface area (Å²) < 4.78 is 49.7. The Hall–Kier alpha value is -2.13. The summed E-state index contributed by atoms with van der Waals surface area (Å²) in [5, 5.41) is 2.74. The Balaban J connectivity index is 1.39. The molecule has 0 aliphatic carbocycles. The number of likely N-dealkylation sites (tertiary alicyclic amines) is 1. The van der Waals surface area contributed by atoms with E-state index in [4.69, 9.17) is 9.47 Å². The first-order chi connectivity index (χ1) is 14.2. The Morgan fingerprint density at radius 3 is 2.67 bits per heavy atom. The second kappa shape index (κ2) is 8.19. The van der Waals surface area contributed by atoms with Gasteiger partial charge < -0.3 is 19.7 Å². The van der Waals surface area contributed by atoms with E-state index in [1.54, 1.807) is 4.90 Å². The predicted octanol–water partition coefficient (Wildman–Crippen LogP) is 2.85. The van der Waals surface area contributed by atoms with Gasteiger partial charge in [-0.2, -0.15) is 13.2 Å². The van der Waals surface area contributed by atoms with E-state index in [0.717, 1.165) is 25.0 Å². The molecule has 1 N–H and O–H groups in total. The van der Waals surface area contributed by atoms with Crippen molar-refractivity contribution in [1.29, 1.82) is 0 Å². The van der Waals surface area contributed by atoms with Gasteiger partial charge in [-0.3, -0.25) is 9.59 Å². The van der Waals surface area contributed by atoms with Gasteiger partial charge in [-0.25, -0.2) is 0 Å². The number of alkyl halides is 3. The highest BCUT2D eigenvalue weighted by Gasteiger charge is 2.48. The first kappa shape index (κ1) is 21.1. The summed E-state index contributed by atoms with van der Waals surface area (Å²) in [4.78, 5) is 27.3. The normalized spacial score (nSPS) is 29.0. The number of rotatable bonds is 3. The Kier molecular flexibility index (Phi) is 5.76. The first-order valence-corrected chi connectivity index (χ1v) is 10.2. The second-order valence-corrected chi connectivity index (χ2v) is 8.32. The zero-order valence-electron chi connectivity index (χ0n) is 16.7. The molecule has 3 aliphatic rings. The van der Waals surface area contributed by atoms with E-state index in [1.165, 1.54) is 13.0 Å². The number of benzene rings is 1. The number of hydrogen-bond donors (Lipinski definition) is 1. The highest BCUT2D eigenvalue weighted by molar-refractivity contribution is 5.94. The largest absolute Gasteiger partial charge is 0.416 e. The third-order valence-corrected chi connectivity index (χ3v) is 6.29. The number of aryl methyl sites for hydroxylation is 1. The summed E-state index contributed by atoms with van der Waals surface area (Å²) in [5.74, 6) is -0.948. The molecule has 164 valence electrons. The van der Waals surface area contributed by atoms with Crippen molar-refractivity contribution in [2.24, 2.45) is 17.8 Å². The van der Waals surface area contributed by atoms with Crippen LogP contribution in [0.5, 0.6) is 0 Å². The van der Waals surface area contributed by atoms with Crippen LogP contribution in [0.15, 0.2) is 18.2 Å². The van der Waals surface area contributed by atoms with Crippen molar-refractivity contribution in [3.8, 4) is 0 Å². The van der Waals surface area contributed by atoms with Crippen LogP contribution in [0.4, 0.5) is 18.9 Å². The van der Waals surface area contributed by atoms with Gasteiger partial charge in [-0.1, -0.05) is 0 Å². The minimum Gasteiger partial charge on any atom is -0.381 e. The summed E-state index contributed by atoms with van der Waals surface area (Å²) in [7, 11) is 0. The van der Waals surface area contributed by atoms with Gasteiger partial charge in [0.05, 0.1) is 36.7 Å². The lowest BCUT2D eigenvalue weighted by Crippen LogP contribution is -2.40. The molecule has 3 heterocycles. The standard InChI is InChI=1S/C21H25F3N2O4/c1-12-7-14(21(22,23)24)4-5-17(12)25-19(27)16-11-30-18-9-26(8-15(16)18)20(28)13-3-2-6-29-10-13/h4-5,7,13,15-16,18H,2-3,6,8-11H2,1H3,(H,25,27)/t13-,15+,16-,18-/m1/s1. The molecule has 3 fully saturated rings. The number of carbonyl (C=O) groups excluding carboxylic acids is 2. The Morgan fingerprint density at radius 1 is 1.20 bits per heavy atom. The molecular weight excluding hydrogens is 401 g/mol. The molecule has 0 unspecified atom stereocenters. The van der Waals surface area contributed by atoms with Gasteiger partial charge in [-0.05, 0) is 43.5 Å². The highest BCUT2D eigenvalue weighted by Crippen LogP contribution is 2.36. The monoisotopic (exact) mass is 426 g/mol. The van der Waals surface area contributed by atoms with Crippen LogP contribution >= 0.6 is 0 Å². The zero-order valence-corrected chi connectivity index (χ0v) is 16.7. The molecule has 4 rings (SSSR count). The molecule has 6 nitrogen and oxygen atoms in total. The molecule has 1 aromatic carbocycles. The molecular formula is C21H25F3N2O4. The van der Waals surface area contributed by atoms with Gasteiger partial charge in [0.2, 0.25) is 11.8 Å². The first-order valence-electron chi connectivity index (χ1n) is 10.2. The SMILES string of the molecule is Cc1cc(C(F)(F)F)ccc1NC(=O)[C@@H]1CO[C@@H]2CN(C(=O)[C@@H]3CCCOC3)C[C@H]21. The maximum atomic E-state index is 12.8. The fraction of sp³-hybridized carbons (Fsp3) is 0.619. The number of nitrogens with zero attached hydrogens (tertiary/aromatic N) is 1. The van der Waals surface area contributed by atoms with Crippen molar-refractivity contribution in [3.05, 3.63) is 29.3 Å². The quantitative estimate of drug-likeness (QED) is 0.807. The summed E-state index contributed by atoms with van der Waals surface area (Å²) in [6.45, 7) is 3.80. The Morgan fingerprint density at radius 2 is 2.00 bits per heavy atom. The van der Waals surface area contributed by atoms with E-state index in [0.29, 0.717) is 37.6 Å². The van der Waals surface area contributed by atoms with E-state index < -0.39 is 17.7 Å². The average Bonchev–Trinajstić information content (AvgIpc) is 3.29. The van der Waals surface area contributed by atoms with Gasteiger partial charge in [-0.15, -0.1) is 0 Å². The van der Waals surface area contributed by atoms with E-state index in [1.807, 2.05) is 0 Å². The number of hydrogen-bond acceptors (Lipinski definition) is 4. The summed E-state index contributed by atoms with van der Waals surface area (Å²) >= 11 is 0. The fourth-order valence-electron chi connectivity index (χ4n) is 4.56. The number of halogens is 3. The molecule has 2 amide bonds. The fourth-order valence-corrected chi connectivity index (χ4v) is 4.56. The van der Waals surface area contributed by atoms with Crippen LogP contribution < -0.4 is 5.32 Å². The van der Waals surface area contributed by atoms with Gasteiger partial charge in [0.15, 0.2) is 0 Å². The Labute approximate surface area is 172 Å². The Bertz CT molecular complexity index is 823. The highest BCUT2D eigenvalue weighted by atomic mass is 19.4.